The molecule has 0 spiro atoms. The molecular formula is C12H13FN2O5S. The molecule has 0 saturated carbocycles. The highest BCUT2D eigenvalue weighted by atomic mass is 32.2. The summed E-state index contributed by atoms with van der Waals surface area (Å²) in [5.74, 6) is -3.84. The van der Waals surface area contributed by atoms with E-state index in [4.69, 9.17) is 10.2 Å². The van der Waals surface area contributed by atoms with Crippen LogP contribution in [0.5, 0.6) is 0 Å². The number of aromatic carboxylic acids is 1. The Kier molecular flexibility index (Phi) is 3.97. The molecule has 1 unspecified atom stereocenters. The normalized spacial score (nSPS) is 19.0. The zero-order valence-electron chi connectivity index (χ0n) is 10.8. The molecule has 7 nitrogen and oxygen atoms in total. The van der Waals surface area contributed by atoms with Gasteiger partial charge in [0.1, 0.15) is 11.4 Å². The number of carboxylic acid groups (broad SMARTS) is 1. The van der Waals surface area contributed by atoms with E-state index in [0.29, 0.717) is 0 Å². The number of nitrogens with zero attached hydrogens (tertiary/aromatic N) is 1. The second kappa shape index (κ2) is 5.41. The summed E-state index contributed by atoms with van der Waals surface area (Å²) in [6, 6.07) is 3.58. The lowest BCUT2D eigenvalue weighted by Gasteiger charge is -2.19. The fraction of sp³-hybridized carbons (Fsp3) is 0.333. The minimum atomic E-state index is -3.74. The van der Waals surface area contributed by atoms with Gasteiger partial charge in [-0.1, -0.05) is 6.07 Å². The number of hydrogen-bond donors (Lipinski definition) is 2. The predicted molar refractivity (Wildman–Crippen MR) is 71.8 cm³/mol. The van der Waals surface area contributed by atoms with Crippen LogP contribution in [0, 0.1) is 11.7 Å². The molecule has 1 atom stereocenters. The number of carbonyl (C=O) groups is 2. The average molecular weight is 316 g/mol. The van der Waals surface area contributed by atoms with Gasteiger partial charge >= 0.3 is 5.97 Å². The molecule has 0 bridgehead atoms. The van der Waals surface area contributed by atoms with Crippen LogP contribution < -0.4 is 10.0 Å². The van der Waals surface area contributed by atoms with Gasteiger partial charge in [0, 0.05) is 18.9 Å². The van der Waals surface area contributed by atoms with Crippen LogP contribution in [-0.2, 0) is 14.8 Å². The van der Waals surface area contributed by atoms with Gasteiger partial charge in [-0.15, -0.1) is 0 Å². The van der Waals surface area contributed by atoms with Crippen LogP contribution in [0.25, 0.3) is 0 Å². The number of primary sulfonamides is 1. The van der Waals surface area contributed by atoms with Crippen molar-refractivity contribution < 1.29 is 27.5 Å². The number of amides is 1. The Morgan fingerprint density at radius 3 is 2.71 bits per heavy atom. The van der Waals surface area contributed by atoms with Crippen LogP contribution in [0.2, 0.25) is 0 Å². The van der Waals surface area contributed by atoms with E-state index in [1.807, 2.05) is 0 Å². The maximum Gasteiger partial charge on any atom is 0.340 e. The van der Waals surface area contributed by atoms with E-state index < -0.39 is 39.2 Å². The van der Waals surface area contributed by atoms with Gasteiger partial charge in [0.2, 0.25) is 15.9 Å². The molecule has 1 aliphatic rings. The second-order valence-electron chi connectivity index (χ2n) is 4.84. The summed E-state index contributed by atoms with van der Waals surface area (Å²) in [6.45, 7) is -0.0149. The third-order valence-electron chi connectivity index (χ3n) is 3.17. The highest BCUT2D eigenvalue weighted by molar-refractivity contribution is 7.89. The fourth-order valence-electron chi connectivity index (χ4n) is 2.40. The first-order valence-electron chi connectivity index (χ1n) is 6.01. The summed E-state index contributed by atoms with van der Waals surface area (Å²) in [7, 11) is -3.74. The quantitative estimate of drug-likeness (QED) is 0.820. The Labute approximate surface area is 120 Å². The Morgan fingerprint density at radius 2 is 2.14 bits per heavy atom. The van der Waals surface area contributed by atoms with Crippen LogP contribution in [0.1, 0.15) is 16.8 Å². The van der Waals surface area contributed by atoms with Crippen LogP contribution in [0.3, 0.4) is 0 Å². The molecule has 21 heavy (non-hydrogen) atoms. The molecule has 1 aliphatic heterocycles. The van der Waals surface area contributed by atoms with Crippen LogP contribution in [-0.4, -0.2) is 37.7 Å². The van der Waals surface area contributed by atoms with Gasteiger partial charge in [0.25, 0.3) is 0 Å². The van der Waals surface area contributed by atoms with Crippen molar-refractivity contribution in [2.24, 2.45) is 11.1 Å². The lowest BCUT2D eigenvalue weighted by Crippen LogP contribution is -2.29. The number of carbonyl (C=O) groups excluding carboxylic acids is 1. The van der Waals surface area contributed by atoms with E-state index in [9.17, 15) is 22.4 Å². The summed E-state index contributed by atoms with van der Waals surface area (Å²) in [4.78, 5) is 24.1. The number of rotatable bonds is 4. The highest BCUT2D eigenvalue weighted by Crippen LogP contribution is 2.30. The maximum absolute atomic E-state index is 13.6. The first kappa shape index (κ1) is 15.4. The van der Waals surface area contributed by atoms with Crippen molar-refractivity contribution in [3.8, 4) is 0 Å². The number of benzene rings is 1. The zero-order chi connectivity index (χ0) is 15.8. The van der Waals surface area contributed by atoms with Crippen molar-refractivity contribution >= 4 is 27.6 Å². The third-order valence-corrected chi connectivity index (χ3v) is 4.11. The van der Waals surface area contributed by atoms with Crippen molar-refractivity contribution in [1.82, 2.24) is 0 Å². The van der Waals surface area contributed by atoms with Gasteiger partial charge in [0.15, 0.2) is 0 Å². The summed E-state index contributed by atoms with van der Waals surface area (Å²) in [5.41, 5.74) is -0.688. The topological polar surface area (TPSA) is 118 Å². The SMILES string of the molecule is NS(=O)(=O)CC1CC(=O)N(c2cccc(F)c2C(=O)O)C1. The molecule has 0 aromatic heterocycles. The Bertz CT molecular complexity index is 704. The Morgan fingerprint density at radius 1 is 1.48 bits per heavy atom. The van der Waals surface area contributed by atoms with Gasteiger partial charge in [-0.25, -0.2) is 22.7 Å². The minimum Gasteiger partial charge on any atom is -0.478 e. The monoisotopic (exact) mass is 316 g/mol. The summed E-state index contributed by atoms with van der Waals surface area (Å²) in [6.07, 6.45) is -0.0774. The van der Waals surface area contributed by atoms with E-state index in [2.05, 4.69) is 0 Å². The first-order chi connectivity index (χ1) is 9.69. The smallest absolute Gasteiger partial charge is 0.340 e. The van der Waals surface area contributed by atoms with E-state index in [-0.39, 0.29) is 24.4 Å². The molecule has 2 rings (SSSR count). The van der Waals surface area contributed by atoms with Crippen molar-refractivity contribution in [2.75, 3.05) is 17.2 Å². The van der Waals surface area contributed by atoms with Crippen molar-refractivity contribution in [3.63, 3.8) is 0 Å². The fourth-order valence-corrected chi connectivity index (χ4v) is 3.28. The Balaban J connectivity index is 2.34. The molecule has 3 N–H and O–H groups in total. The molecule has 1 amide bonds. The second-order valence-corrected chi connectivity index (χ2v) is 6.50. The van der Waals surface area contributed by atoms with Crippen LogP contribution in [0.4, 0.5) is 10.1 Å². The number of hydrogen-bond acceptors (Lipinski definition) is 4. The maximum atomic E-state index is 13.6. The molecule has 1 heterocycles. The first-order valence-corrected chi connectivity index (χ1v) is 7.73. The molecule has 114 valence electrons. The molecule has 1 aromatic carbocycles. The van der Waals surface area contributed by atoms with Gasteiger partial charge < -0.3 is 10.0 Å². The van der Waals surface area contributed by atoms with Crippen molar-refractivity contribution in [1.29, 1.82) is 0 Å². The Hall–Kier alpha value is -2.00. The molecule has 1 fully saturated rings. The predicted octanol–water partition coefficient (Wildman–Crippen LogP) is 0.165. The lowest BCUT2D eigenvalue weighted by atomic mass is 10.1. The molecule has 1 aromatic rings. The van der Waals surface area contributed by atoms with Crippen LogP contribution >= 0.6 is 0 Å². The minimum absolute atomic E-state index is 0.0149. The molecular weight excluding hydrogens is 303 g/mol. The van der Waals surface area contributed by atoms with Crippen molar-refractivity contribution in [2.45, 2.75) is 6.42 Å². The van der Waals surface area contributed by atoms with E-state index >= 15 is 0 Å². The number of nitrogens with two attached hydrogens (primary N) is 1. The summed E-state index contributed by atoms with van der Waals surface area (Å²) >= 11 is 0. The summed E-state index contributed by atoms with van der Waals surface area (Å²) in [5, 5.41) is 14.0. The summed E-state index contributed by atoms with van der Waals surface area (Å²) < 4.78 is 35.7. The number of sulfonamides is 1. The lowest BCUT2D eigenvalue weighted by molar-refractivity contribution is -0.117. The third kappa shape index (κ3) is 3.37. The van der Waals surface area contributed by atoms with Gasteiger partial charge in [-0.05, 0) is 12.1 Å². The number of halogens is 1. The molecule has 0 aliphatic carbocycles. The van der Waals surface area contributed by atoms with Crippen molar-refractivity contribution in [3.05, 3.63) is 29.6 Å². The van der Waals surface area contributed by atoms with Gasteiger partial charge in [-0.3, -0.25) is 4.79 Å². The van der Waals surface area contributed by atoms with Crippen LogP contribution in [0.15, 0.2) is 18.2 Å². The van der Waals surface area contributed by atoms with E-state index in [1.165, 1.54) is 12.1 Å². The highest BCUT2D eigenvalue weighted by Gasteiger charge is 2.35. The van der Waals surface area contributed by atoms with E-state index in [1.54, 1.807) is 0 Å². The van der Waals surface area contributed by atoms with Gasteiger partial charge in [-0.2, -0.15) is 0 Å². The van der Waals surface area contributed by atoms with E-state index in [0.717, 1.165) is 11.0 Å². The molecule has 1 saturated heterocycles. The average Bonchev–Trinajstić information content (AvgIpc) is 2.66. The standard InChI is InChI=1S/C12H13FN2O5S/c13-8-2-1-3-9(11(8)12(17)18)15-5-7(4-10(15)16)6-21(14,19)20/h1-3,7H,4-6H2,(H,17,18)(H2,14,19,20). The van der Waals surface area contributed by atoms with Gasteiger partial charge in [0.05, 0.1) is 11.4 Å². The largest absolute Gasteiger partial charge is 0.478 e. The number of anilines is 1. The zero-order valence-corrected chi connectivity index (χ0v) is 11.6. The molecule has 0 radical (unpaired) electrons. The number of carboxylic acids is 1. The molecule has 9 heteroatoms.